The molecule has 0 heterocycles. The minimum atomic E-state index is 0.134. The van der Waals surface area contributed by atoms with Crippen LogP contribution < -0.4 is 0 Å². The summed E-state index contributed by atoms with van der Waals surface area (Å²) in [5.41, 5.74) is 0. The molecule has 0 aromatic heterocycles. The van der Waals surface area contributed by atoms with Crippen molar-refractivity contribution in [3.05, 3.63) is 0 Å². The summed E-state index contributed by atoms with van der Waals surface area (Å²) in [5, 5.41) is 0.396. The molecular formula is C9H14O2S. The quantitative estimate of drug-likeness (QED) is 0.588. The monoisotopic (exact) mass is 186 g/mol. The molecule has 1 rings (SSSR count). The Morgan fingerprint density at radius 1 is 1.50 bits per heavy atom. The lowest BCUT2D eigenvalue weighted by atomic mass is 10.2. The summed E-state index contributed by atoms with van der Waals surface area (Å²) in [6.45, 7) is 1.57. The zero-order chi connectivity index (χ0) is 8.97. The van der Waals surface area contributed by atoms with Crippen LogP contribution in [0.5, 0.6) is 0 Å². The summed E-state index contributed by atoms with van der Waals surface area (Å²) in [5.74, 6) is 0.325. The Balaban J connectivity index is 2.41. The average Bonchev–Trinajstić information content (AvgIpc) is 2.12. The van der Waals surface area contributed by atoms with Crippen LogP contribution in [0.15, 0.2) is 0 Å². The fourth-order valence-corrected chi connectivity index (χ4v) is 2.51. The zero-order valence-electron chi connectivity index (χ0n) is 7.34. The van der Waals surface area contributed by atoms with Gasteiger partial charge in [0, 0.05) is 25.0 Å². The number of thioether (sulfide) groups is 1. The lowest BCUT2D eigenvalue weighted by Gasteiger charge is -2.08. The Morgan fingerprint density at radius 2 is 2.25 bits per heavy atom. The van der Waals surface area contributed by atoms with Gasteiger partial charge in [-0.1, -0.05) is 18.2 Å². The molecule has 0 aliphatic heterocycles. The molecule has 0 saturated heterocycles. The highest BCUT2D eigenvalue weighted by atomic mass is 32.2. The smallest absolute Gasteiger partial charge is 0.186 e. The highest BCUT2D eigenvalue weighted by molar-refractivity contribution is 8.14. The zero-order valence-corrected chi connectivity index (χ0v) is 8.15. The van der Waals surface area contributed by atoms with Gasteiger partial charge >= 0.3 is 0 Å². The Hall–Kier alpha value is -0.310. The molecule has 12 heavy (non-hydrogen) atoms. The fourth-order valence-electron chi connectivity index (χ4n) is 1.49. The molecule has 0 unspecified atom stereocenters. The van der Waals surface area contributed by atoms with Crippen molar-refractivity contribution in [2.45, 2.75) is 44.3 Å². The number of hydrogen-bond donors (Lipinski definition) is 0. The first-order chi connectivity index (χ1) is 5.68. The van der Waals surface area contributed by atoms with Crippen molar-refractivity contribution in [2.75, 3.05) is 0 Å². The Labute approximate surface area is 77.1 Å². The second-order valence-corrected chi connectivity index (χ2v) is 4.70. The Kier molecular flexibility index (Phi) is 3.79. The number of Topliss-reactive ketones (excluding diaryl/α,β-unsaturated/α-hetero) is 1. The van der Waals surface area contributed by atoms with Gasteiger partial charge in [-0.3, -0.25) is 9.59 Å². The molecule has 1 fully saturated rings. The van der Waals surface area contributed by atoms with E-state index >= 15 is 0 Å². The lowest BCUT2D eigenvalue weighted by Crippen LogP contribution is -2.08. The van der Waals surface area contributed by atoms with E-state index in [-0.39, 0.29) is 10.4 Å². The van der Waals surface area contributed by atoms with Gasteiger partial charge in [0.2, 0.25) is 0 Å². The van der Waals surface area contributed by atoms with Crippen molar-refractivity contribution in [1.29, 1.82) is 0 Å². The SMILES string of the molecule is CC(=O)S[C@@H]1CCCCC(=O)C1. The minimum absolute atomic E-state index is 0.134. The third-order valence-electron chi connectivity index (χ3n) is 2.02. The maximum absolute atomic E-state index is 11.2. The molecule has 0 aromatic carbocycles. The molecule has 1 atom stereocenters. The Morgan fingerprint density at radius 3 is 2.92 bits per heavy atom. The Bertz CT molecular complexity index is 189. The average molecular weight is 186 g/mol. The van der Waals surface area contributed by atoms with Crippen molar-refractivity contribution in [3.8, 4) is 0 Å². The van der Waals surface area contributed by atoms with Crippen LogP contribution in [0.4, 0.5) is 0 Å². The summed E-state index contributed by atoms with van der Waals surface area (Å²) >= 11 is 1.33. The van der Waals surface area contributed by atoms with E-state index in [0.29, 0.717) is 12.2 Å². The van der Waals surface area contributed by atoms with E-state index in [0.717, 1.165) is 25.7 Å². The maximum atomic E-state index is 11.2. The van der Waals surface area contributed by atoms with Gasteiger partial charge in [-0.05, 0) is 12.8 Å². The summed E-state index contributed by atoms with van der Waals surface area (Å²) in [6, 6.07) is 0. The van der Waals surface area contributed by atoms with Gasteiger partial charge in [0.25, 0.3) is 0 Å². The highest BCUT2D eigenvalue weighted by Crippen LogP contribution is 2.25. The van der Waals surface area contributed by atoms with Gasteiger partial charge in [0.1, 0.15) is 5.78 Å². The van der Waals surface area contributed by atoms with Gasteiger partial charge in [0.15, 0.2) is 5.12 Å². The molecule has 0 bridgehead atoms. The van der Waals surface area contributed by atoms with E-state index in [9.17, 15) is 9.59 Å². The van der Waals surface area contributed by atoms with Crippen LogP contribution in [0.1, 0.15) is 39.0 Å². The summed E-state index contributed by atoms with van der Waals surface area (Å²) in [6.07, 6.45) is 4.44. The first kappa shape index (κ1) is 9.78. The summed E-state index contributed by atoms with van der Waals surface area (Å²) in [4.78, 5) is 21.9. The number of carbonyl (C=O) groups is 2. The van der Waals surface area contributed by atoms with Crippen LogP contribution in [0.2, 0.25) is 0 Å². The molecule has 1 aliphatic rings. The number of rotatable bonds is 1. The van der Waals surface area contributed by atoms with Crippen LogP contribution in [-0.4, -0.2) is 16.1 Å². The van der Waals surface area contributed by atoms with E-state index in [4.69, 9.17) is 0 Å². The predicted octanol–water partition coefficient (Wildman–Crippen LogP) is 2.17. The molecule has 1 aliphatic carbocycles. The first-order valence-corrected chi connectivity index (χ1v) is 5.25. The van der Waals surface area contributed by atoms with Crippen molar-refractivity contribution in [2.24, 2.45) is 0 Å². The predicted molar refractivity (Wildman–Crippen MR) is 50.2 cm³/mol. The molecule has 2 nitrogen and oxygen atoms in total. The molecule has 0 spiro atoms. The van der Waals surface area contributed by atoms with Crippen LogP contribution >= 0.6 is 11.8 Å². The lowest BCUT2D eigenvalue weighted by molar-refractivity contribution is -0.118. The first-order valence-electron chi connectivity index (χ1n) is 4.37. The number of hydrogen-bond acceptors (Lipinski definition) is 3. The molecule has 68 valence electrons. The van der Waals surface area contributed by atoms with Gasteiger partial charge in [0.05, 0.1) is 0 Å². The maximum Gasteiger partial charge on any atom is 0.186 e. The second kappa shape index (κ2) is 4.65. The van der Waals surface area contributed by atoms with Crippen molar-refractivity contribution >= 4 is 22.7 Å². The van der Waals surface area contributed by atoms with Crippen LogP contribution in [0.3, 0.4) is 0 Å². The fraction of sp³-hybridized carbons (Fsp3) is 0.778. The van der Waals surface area contributed by atoms with Gasteiger partial charge < -0.3 is 0 Å². The largest absolute Gasteiger partial charge is 0.300 e. The van der Waals surface area contributed by atoms with E-state index in [2.05, 4.69) is 0 Å². The van der Waals surface area contributed by atoms with Crippen LogP contribution in [0, 0.1) is 0 Å². The van der Waals surface area contributed by atoms with Gasteiger partial charge in [-0.25, -0.2) is 0 Å². The minimum Gasteiger partial charge on any atom is -0.300 e. The molecule has 0 amide bonds. The third kappa shape index (κ3) is 3.39. The van der Waals surface area contributed by atoms with Crippen molar-refractivity contribution in [3.63, 3.8) is 0 Å². The standard InChI is InChI=1S/C9H14O2S/c1-7(10)12-9-5-3-2-4-8(11)6-9/h9H,2-6H2,1H3/t9-/m1/s1. The highest BCUT2D eigenvalue weighted by Gasteiger charge is 2.19. The molecule has 3 heteroatoms. The summed E-state index contributed by atoms with van der Waals surface area (Å²) < 4.78 is 0. The topological polar surface area (TPSA) is 34.1 Å². The van der Waals surface area contributed by atoms with E-state index in [1.165, 1.54) is 11.8 Å². The normalized spacial score (nSPS) is 25.1. The second-order valence-electron chi connectivity index (χ2n) is 3.22. The van der Waals surface area contributed by atoms with Crippen molar-refractivity contribution in [1.82, 2.24) is 0 Å². The third-order valence-corrected chi connectivity index (χ3v) is 3.09. The number of ketones is 1. The van der Waals surface area contributed by atoms with E-state index in [1.54, 1.807) is 6.92 Å². The van der Waals surface area contributed by atoms with Crippen LogP contribution in [0.25, 0.3) is 0 Å². The van der Waals surface area contributed by atoms with Gasteiger partial charge in [-0.2, -0.15) is 0 Å². The molecular weight excluding hydrogens is 172 g/mol. The molecule has 0 N–H and O–H groups in total. The molecule has 1 saturated carbocycles. The number of carbonyl (C=O) groups excluding carboxylic acids is 2. The van der Waals surface area contributed by atoms with Crippen LogP contribution in [-0.2, 0) is 9.59 Å². The summed E-state index contributed by atoms with van der Waals surface area (Å²) in [7, 11) is 0. The molecule has 0 radical (unpaired) electrons. The molecule has 0 aromatic rings. The van der Waals surface area contributed by atoms with Gasteiger partial charge in [-0.15, -0.1) is 0 Å². The van der Waals surface area contributed by atoms with Crippen molar-refractivity contribution < 1.29 is 9.59 Å². The van der Waals surface area contributed by atoms with E-state index < -0.39 is 0 Å². The van der Waals surface area contributed by atoms with E-state index in [1.807, 2.05) is 0 Å².